The normalized spacial score (nSPS) is 42.4. The van der Waals surface area contributed by atoms with Gasteiger partial charge in [-0.15, -0.1) is 0 Å². The predicted molar refractivity (Wildman–Crippen MR) is 71.6 cm³/mol. The number of rotatable bonds is 0. The van der Waals surface area contributed by atoms with Crippen LogP contribution in [0.2, 0.25) is 0 Å². The molecule has 0 aromatic heterocycles. The molecule has 0 N–H and O–H groups in total. The lowest BCUT2D eigenvalue weighted by Crippen LogP contribution is -2.29. The first kappa shape index (κ1) is 12.5. The van der Waals surface area contributed by atoms with Gasteiger partial charge in [-0.2, -0.15) is 0 Å². The molecule has 2 unspecified atom stereocenters. The van der Waals surface area contributed by atoms with Gasteiger partial charge in [0.15, 0.2) is 0 Å². The summed E-state index contributed by atoms with van der Waals surface area (Å²) >= 11 is 0. The van der Waals surface area contributed by atoms with Gasteiger partial charge in [0.1, 0.15) is 0 Å². The van der Waals surface area contributed by atoms with Crippen LogP contribution in [0.15, 0.2) is 0 Å². The van der Waals surface area contributed by atoms with Crippen LogP contribution in [0.5, 0.6) is 0 Å². The SMILES string of the molecule is CC12CCCCCCC(C)(CCCCC1)C2. The van der Waals surface area contributed by atoms with E-state index < -0.39 is 0 Å². The van der Waals surface area contributed by atoms with Gasteiger partial charge in [-0.05, 0) is 42.9 Å². The van der Waals surface area contributed by atoms with Crippen LogP contribution >= 0.6 is 0 Å². The Kier molecular flexibility index (Phi) is 3.97. The molecular weight excluding hydrogens is 192 g/mol. The molecule has 0 spiro atoms. The van der Waals surface area contributed by atoms with Crippen molar-refractivity contribution in [3.63, 3.8) is 0 Å². The number of hydrogen-bond acceptors (Lipinski definition) is 0. The summed E-state index contributed by atoms with van der Waals surface area (Å²) < 4.78 is 0. The van der Waals surface area contributed by atoms with Crippen molar-refractivity contribution >= 4 is 0 Å². The summed E-state index contributed by atoms with van der Waals surface area (Å²) in [5.74, 6) is 0. The zero-order valence-electron chi connectivity index (χ0n) is 11.5. The Morgan fingerprint density at radius 1 is 0.500 bits per heavy atom. The van der Waals surface area contributed by atoms with Gasteiger partial charge in [0.25, 0.3) is 0 Å². The molecule has 0 heterocycles. The van der Waals surface area contributed by atoms with Gasteiger partial charge >= 0.3 is 0 Å². The molecule has 0 aliphatic heterocycles. The van der Waals surface area contributed by atoms with E-state index in [-0.39, 0.29) is 0 Å². The van der Waals surface area contributed by atoms with Crippen LogP contribution in [0.25, 0.3) is 0 Å². The number of fused-ring (bicyclic) bond motifs is 2. The molecule has 2 aliphatic carbocycles. The third-order valence-electron chi connectivity index (χ3n) is 5.22. The van der Waals surface area contributed by atoms with Gasteiger partial charge in [-0.25, -0.2) is 0 Å². The van der Waals surface area contributed by atoms with E-state index in [0.717, 1.165) is 0 Å². The quantitative estimate of drug-likeness (QED) is 0.492. The highest BCUT2D eigenvalue weighted by Crippen LogP contribution is 2.49. The maximum Gasteiger partial charge on any atom is -0.0321 e. The topological polar surface area (TPSA) is 0 Å². The lowest BCUT2D eigenvalue weighted by Gasteiger charge is -2.41. The fourth-order valence-electron chi connectivity index (χ4n) is 4.37. The summed E-state index contributed by atoms with van der Waals surface area (Å²) in [4.78, 5) is 0. The maximum absolute atomic E-state index is 2.59. The summed E-state index contributed by atoms with van der Waals surface area (Å²) in [6, 6.07) is 0. The second kappa shape index (κ2) is 5.10. The zero-order valence-corrected chi connectivity index (χ0v) is 11.5. The molecule has 2 aliphatic rings. The van der Waals surface area contributed by atoms with Crippen molar-refractivity contribution < 1.29 is 0 Å². The molecule has 16 heavy (non-hydrogen) atoms. The summed E-state index contributed by atoms with van der Waals surface area (Å²) in [5, 5.41) is 0. The van der Waals surface area contributed by atoms with Crippen molar-refractivity contribution in [2.24, 2.45) is 10.8 Å². The highest BCUT2D eigenvalue weighted by atomic mass is 14.4. The molecule has 0 radical (unpaired) electrons. The van der Waals surface area contributed by atoms with Crippen molar-refractivity contribution in [3.8, 4) is 0 Å². The van der Waals surface area contributed by atoms with E-state index in [0.29, 0.717) is 10.8 Å². The van der Waals surface area contributed by atoms with Crippen molar-refractivity contribution in [1.82, 2.24) is 0 Å². The molecule has 0 nitrogen and oxygen atoms in total. The molecule has 2 rings (SSSR count). The summed E-state index contributed by atoms with van der Waals surface area (Å²) in [7, 11) is 0. The first-order valence-corrected chi connectivity index (χ1v) is 7.62. The molecule has 0 saturated heterocycles. The average Bonchev–Trinajstić information content (AvgIpc) is 2.27. The smallest absolute Gasteiger partial charge is 0.0321 e. The Morgan fingerprint density at radius 3 is 1.19 bits per heavy atom. The molecule has 2 bridgehead atoms. The van der Waals surface area contributed by atoms with E-state index in [1.807, 2.05) is 0 Å². The summed E-state index contributed by atoms with van der Waals surface area (Å²) in [6.45, 7) is 5.17. The first-order chi connectivity index (χ1) is 7.62. The second-order valence-corrected chi connectivity index (χ2v) is 7.27. The minimum atomic E-state index is 0.680. The van der Waals surface area contributed by atoms with Crippen LogP contribution in [0.1, 0.15) is 90.9 Å². The number of hydrogen-bond donors (Lipinski definition) is 0. The van der Waals surface area contributed by atoms with Crippen molar-refractivity contribution in [2.45, 2.75) is 90.9 Å². The van der Waals surface area contributed by atoms with E-state index in [1.165, 1.54) is 77.0 Å². The monoisotopic (exact) mass is 222 g/mol. The Morgan fingerprint density at radius 2 is 0.812 bits per heavy atom. The van der Waals surface area contributed by atoms with Crippen molar-refractivity contribution in [2.75, 3.05) is 0 Å². The Hall–Kier alpha value is 0. The molecule has 0 aromatic carbocycles. The maximum atomic E-state index is 2.59. The fraction of sp³-hybridized carbons (Fsp3) is 1.00. The minimum absolute atomic E-state index is 0.680. The van der Waals surface area contributed by atoms with E-state index >= 15 is 0 Å². The molecule has 94 valence electrons. The summed E-state index contributed by atoms with van der Waals surface area (Å²) in [6.07, 6.45) is 18.0. The third-order valence-corrected chi connectivity index (χ3v) is 5.22. The van der Waals surface area contributed by atoms with Gasteiger partial charge in [0.2, 0.25) is 0 Å². The highest BCUT2D eigenvalue weighted by Gasteiger charge is 2.36. The molecule has 2 fully saturated rings. The van der Waals surface area contributed by atoms with E-state index in [4.69, 9.17) is 0 Å². The minimum Gasteiger partial charge on any atom is -0.0596 e. The second-order valence-electron chi connectivity index (χ2n) is 7.27. The van der Waals surface area contributed by atoms with E-state index in [9.17, 15) is 0 Å². The average molecular weight is 222 g/mol. The van der Waals surface area contributed by atoms with E-state index in [2.05, 4.69) is 13.8 Å². The molecule has 0 heteroatoms. The Balaban J connectivity index is 2.12. The third kappa shape index (κ3) is 3.25. The largest absolute Gasteiger partial charge is 0.0596 e. The van der Waals surface area contributed by atoms with Crippen LogP contribution in [0.4, 0.5) is 0 Å². The fourth-order valence-corrected chi connectivity index (χ4v) is 4.37. The van der Waals surface area contributed by atoms with Gasteiger partial charge in [-0.3, -0.25) is 0 Å². The van der Waals surface area contributed by atoms with Crippen LogP contribution in [-0.4, -0.2) is 0 Å². The van der Waals surface area contributed by atoms with Crippen molar-refractivity contribution in [1.29, 1.82) is 0 Å². The predicted octanol–water partition coefficient (Wildman–Crippen LogP) is 5.71. The lowest BCUT2D eigenvalue weighted by atomic mass is 9.64. The molecule has 2 atom stereocenters. The van der Waals surface area contributed by atoms with E-state index in [1.54, 1.807) is 0 Å². The lowest BCUT2D eigenvalue weighted by molar-refractivity contribution is 0.102. The van der Waals surface area contributed by atoms with Crippen LogP contribution in [-0.2, 0) is 0 Å². The zero-order chi connectivity index (χ0) is 11.5. The standard InChI is InChI=1S/C16H30/c1-15-10-6-3-4-7-11-16(2,14-15)13-9-5-8-12-15/h3-14H2,1-2H3. The first-order valence-electron chi connectivity index (χ1n) is 7.62. The Labute approximate surface area is 102 Å². The van der Waals surface area contributed by atoms with Crippen molar-refractivity contribution in [3.05, 3.63) is 0 Å². The highest BCUT2D eigenvalue weighted by molar-refractivity contribution is 4.87. The molecule has 0 aromatic rings. The van der Waals surface area contributed by atoms with Crippen LogP contribution in [0, 0.1) is 10.8 Å². The van der Waals surface area contributed by atoms with Crippen LogP contribution < -0.4 is 0 Å². The van der Waals surface area contributed by atoms with Gasteiger partial charge in [0.05, 0.1) is 0 Å². The van der Waals surface area contributed by atoms with Gasteiger partial charge in [-0.1, -0.05) is 58.8 Å². The molecular formula is C16H30. The summed E-state index contributed by atoms with van der Waals surface area (Å²) in [5.41, 5.74) is 1.36. The van der Waals surface area contributed by atoms with Crippen LogP contribution in [0.3, 0.4) is 0 Å². The van der Waals surface area contributed by atoms with Gasteiger partial charge in [0, 0.05) is 0 Å². The van der Waals surface area contributed by atoms with Gasteiger partial charge < -0.3 is 0 Å². The Bertz CT molecular complexity index is 198. The molecule has 2 saturated carbocycles. The molecule has 0 amide bonds.